The number of nitrogens with zero attached hydrogens (tertiary/aromatic N) is 3. The van der Waals surface area contributed by atoms with Gasteiger partial charge in [0.1, 0.15) is 17.6 Å². The number of piperidine rings is 1. The van der Waals surface area contributed by atoms with Crippen LogP contribution in [0.1, 0.15) is 18.4 Å². The number of ether oxygens (including phenoxy) is 1. The summed E-state index contributed by atoms with van der Waals surface area (Å²) in [4.78, 5) is 18.6. The average Bonchev–Trinajstić information content (AvgIpc) is 2.73. The minimum Gasteiger partial charge on any atom is -0.497 e. The van der Waals surface area contributed by atoms with Crippen molar-refractivity contribution >= 4 is 17.5 Å². The van der Waals surface area contributed by atoms with Gasteiger partial charge in [-0.3, -0.25) is 0 Å². The molecular weight excluding hydrogens is 342 g/mol. The quantitative estimate of drug-likeness (QED) is 0.850. The van der Waals surface area contributed by atoms with Crippen molar-refractivity contribution in [1.82, 2.24) is 10.3 Å². The van der Waals surface area contributed by atoms with E-state index in [1.54, 1.807) is 49.7 Å². The third kappa shape index (κ3) is 4.88. The molecule has 1 aliphatic rings. The van der Waals surface area contributed by atoms with Crippen LogP contribution in [-0.4, -0.2) is 37.8 Å². The van der Waals surface area contributed by atoms with Crippen LogP contribution in [0.4, 0.5) is 16.3 Å². The Kier molecular flexibility index (Phi) is 6.10. The Morgan fingerprint density at radius 1 is 1.30 bits per heavy atom. The normalized spacial score (nSPS) is 14.3. The number of pyridine rings is 1. The van der Waals surface area contributed by atoms with Gasteiger partial charge < -0.3 is 20.3 Å². The highest BCUT2D eigenvalue weighted by atomic mass is 16.5. The highest BCUT2D eigenvalue weighted by molar-refractivity contribution is 5.89. The van der Waals surface area contributed by atoms with Crippen molar-refractivity contribution in [2.24, 2.45) is 5.92 Å². The van der Waals surface area contributed by atoms with Crippen molar-refractivity contribution in [3.05, 3.63) is 48.2 Å². The summed E-state index contributed by atoms with van der Waals surface area (Å²) in [5, 5.41) is 15.0. The summed E-state index contributed by atoms with van der Waals surface area (Å²) >= 11 is 0. The number of amides is 2. The van der Waals surface area contributed by atoms with Gasteiger partial charge in [0.25, 0.3) is 0 Å². The predicted molar refractivity (Wildman–Crippen MR) is 104 cm³/mol. The summed E-state index contributed by atoms with van der Waals surface area (Å²) < 4.78 is 5.10. The van der Waals surface area contributed by atoms with Crippen LogP contribution in [-0.2, 0) is 0 Å². The van der Waals surface area contributed by atoms with Crippen molar-refractivity contribution in [3.8, 4) is 11.8 Å². The number of benzene rings is 1. The molecule has 2 aromatic rings. The van der Waals surface area contributed by atoms with E-state index in [-0.39, 0.29) is 6.03 Å². The van der Waals surface area contributed by atoms with E-state index in [4.69, 9.17) is 4.74 Å². The van der Waals surface area contributed by atoms with Crippen LogP contribution in [0.15, 0.2) is 42.6 Å². The Hall–Kier alpha value is -3.27. The van der Waals surface area contributed by atoms with Crippen molar-refractivity contribution in [3.63, 3.8) is 0 Å². The molecule has 0 spiro atoms. The maximum atomic E-state index is 12.1. The first-order valence-electron chi connectivity index (χ1n) is 8.98. The molecule has 2 heterocycles. The zero-order valence-electron chi connectivity index (χ0n) is 15.3. The summed E-state index contributed by atoms with van der Waals surface area (Å²) in [6.45, 7) is 2.29. The van der Waals surface area contributed by atoms with Crippen LogP contribution in [0, 0.1) is 17.2 Å². The molecule has 3 rings (SSSR count). The zero-order valence-corrected chi connectivity index (χ0v) is 15.3. The van der Waals surface area contributed by atoms with Gasteiger partial charge in [-0.1, -0.05) is 0 Å². The number of methoxy groups -OCH3 is 1. The van der Waals surface area contributed by atoms with E-state index < -0.39 is 0 Å². The Labute approximate surface area is 159 Å². The summed E-state index contributed by atoms with van der Waals surface area (Å²) in [6, 6.07) is 12.8. The van der Waals surface area contributed by atoms with Gasteiger partial charge in [0.15, 0.2) is 0 Å². The van der Waals surface area contributed by atoms with E-state index in [1.165, 1.54) is 0 Å². The molecular formula is C20H23N5O2. The number of nitriles is 1. The van der Waals surface area contributed by atoms with E-state index in [9.17, 15) is 10.1 Å². The second kappa shape index (κ2) is 8.90. The van der Waals surface area contributed by atoms with Crippen LogP contribution in [0.3, 0.4) is 0 Å². The standard InChI is InChI=1S/C20H23N5O2/c1-27-18-6-4-17(5-7-18)24-20(26)23-14-15-8-11-25(12-9-15)19-16(13-21)3-2-10-22-19/h2-7,10,15H,8-9,11-12,14H2,1H3,(H2,23,24,26). The second-order valence-corrected chi connectivity index (χ2v) is 6.48. The maximum Gasteiger partial charge on any atom is 0.319 e. The highest BCUT2D eigenvalue weighted by Crippen LogP contribution is 2.23. The Morgan fingerprint density at radius 3 is 2.70 bits per heavy atom. The molecule has 1 aromatic carbocycles. The van der Waals surface area contributed by atoms with E-state index in [0.29, 0.717) is 18.0 Å². The first-order chi connectivity index (χ1) is 13.2. The van der Waals surface area contributed by atoms with Crippen molar-refractivity contribution in [2.75, 3.05) is 37.0 Å². The number of carbonyl (C=O) groups is 1. The number of hydrogen-bond acceptors (Lipinski definition) is 5. The van der Waals surface area contributed by atoms with Crippen molar-refractivity contribution < 1.29 is 9.53 Å². The minimum atomic E-state index is -0.209. The van der Waals surface area contributed by atoms with Gasteiger partial charge >= 0.3 is 6.03 Å². The lowest BCUT2D eigenvalue weighted by Gasteiger charge is -2.33. The van der Waals surface area contributed by atoms with Crippen LogP contribution < -0.4 is 20.3 Å². The van der Waals surface area contributed by atoms with Gasteiger partial charge in [0.05, 0.1) is 12.7 Å². The lowest BCUT2D eigenvalue weighted by Crippen LogP contribution is -2.40. The number of carbonyl (C=O) groups excluding carboxylic acids is 1. The first-order valence-corrected chi connectivity index (χ1v) is 8.98. The summed E-state index contributed by atoms with van der Waals surface area (Å²) in [5.41, 5.74) is 1.33. The Balaban J connectivity index is 1.44. The zero-order chi connectivity index (χ0) is 19.1. The molecule has 27 heavy (non-hydrogen) atoms. The van der Waals surface area contributed by atoms with Crippen LogP contribution in [0.2, 0.25) is 0 Å². The van der Waals surface area contributed by atoms with E-state index in [2.05, 4.69) is 26.6 Å². The fraction of sp³-hybridized carbons (Fsp3) is 0.350. The Bertz CT molecular complexity index is 808. The topological polar surface area (TPSA) is 90.3 Å². The van der Waals surface area contributed by atoms with Gasteiger partial charge in [-0.05, 0) is 55.2 Å². The third-order valence-corrected chi connectivity index (χ3v) is 4.72. The van der Waals surface area contributed by atoms with Crippen LogP contribution in [0.25, 0.3) is 0 Å². The van der Waals surface area contributed by atoms with Gasteiger partial charge in [-0.2, -0.15) is 5.26 Å². The van der Waals surface area contributed by atoms with Gasteiger partial charge in [0, 0.05) is 31.5 Å². The fourth-order valence-electron chi connectivity index (χ4n) is 3.17. The molecule has 0 radical (unpaired) electrons. The lowest BCUT2D eigenvalue weighted by atomic mass is 9.96. The summed E-state index contributed by atoms with van der Waals surface area (Å²) in [7, 11) is 1.61. The molecule has 2 amide bonds. The molecule has 1 aromatic heterocycles. The highest BCUT2D eigenvalue weighted by Gasteiger charge is 2.22. The number of hydrogen-bond donors (Lipinski definition) is 2. The van der Waals surface area contributed by atoms with Crippen LogP contribution >= 0.6 is 0 Å². The van der Waals surface area contributed by atoms with Gasteiger partial charge in [-0.25, -0.2) is 9.78 Å². The smallest absolute Gasteiger partial charge is 0.319 e. The predicted octanol–water partition coefficient (Wildman–Crippen LogP) is 3.00. The fourth-order valence-corrected chi connectivity index (χ4v) is 3.17. The van der Waals surface area contributed by atoms with Gasteiger partial charge in [0.2, 0.25) is 0 Å². The Morgan fingerprint density at radius 2 is 2.04 bits per heavy atom. The second-order valence-electron chi connectivity index (χ2n) is 6.48. The van der Waals surface area contributed by atoms with Crippen molar-refractivity contribution in [1.29, 1.82) is 5.26 Å². The maximum absolute atomic E-state index is 12.1. The number of rotatable bonds is 5. The molecule has 1 saturated heterocycles. The number of anilines is 2. The molecule has 1 fully saturated rings. The van der Waals surface area contributed by atoms with E-state index in [1.807, 2.05) is 0 Å². The van der Waals surface area contributed by atoms with E-state index in [0.717, 1.165) is 43.2 Å². The molecule has 1 aliphatic heterocycles. The molecule has 140 valence electrons. The molecule has 0 bridgehead atoms. The average molecular weight is 365 g/mol. The molecule has 0 saturated carbocycles. The first kappa shape index (κ1) is 18.5. The van der Waals surface area contributed by atoms with Crippen molar-refractivity contribution in [2.45, 2.75) is 12.8 Å². The molecule has 0 aliphatic carbocycles. The monoisotopic (exact) mass is 365 g/mol. The summed E-state index contributed by atoms with van der Waals surface area (Å²) in [6.07, 6.45) is 3.61. The van der Waals surface area contributed by atoms with E-state index >= 15 is 0 Å². The molecule has 7 nitrogen and oxygen atoms in total. The number of urea groups is 1. The number of aromatic nitrogens is 1. The molecule has 2 N–H and O–H groups in total. The third-order valence-electron chi connectivity index (χ3n) is 4.72. The SMILES string of the molecule is COc1ccc(NC(=O)NCC2CCN(c3ncccc3C#N)CC2)cc1. The van der Waals surface area contributed by atoms with Crippen LogP contribution in [0.5, 0.6) is 5.75 Å². The lowest BCUT2D eigenvalue weighted by molar-refractivity contribution is 0.248. The molecule has 0 atom stereocenters. The molecule has 0 unspecified atom stereocenters. The largest absolute Gasteiger partial charge is 0.497 e. The van der Waals surface area contributed by atoms with Gasteiger partial charge in [-0.15, -0.1) is 0 Å². The summed E-state index contributed by atoms with van der Waals surface area (Å²) in [5.74, 6) is 1.92. The minimum absolute atomic E-state index is 0.209. The molecule has 7 heteroatoms. The number of nitrogens with one attached hydrogen (secondary N) is 2.